The summed E-state index contributed by atoms with van der Waals surface area (Å²) >= 11 is 0. The average Bonchev–Trinajstić information content (AvgIpc) is 2.97. The molecule has 1 aliphatic rings. The predicted molar refractivity (Wildman–Crippen MR) is 71.0 cm³/mol. The van der Waals surface area contributed by atoms with Crippen molar-refractivity contribution in [1.29, 1.82) is 0 Å². The van der Waals surface area contributed by atoms with Crippen molar-refractivity contribution in [1.82, 2.24) is 5.16 Å². The van der Waals surface area contributed by atoms with E-state index in [0.717, 1.165) is 0 Å². The third-order valence-electron chi connectivity index (χ3n) is 2.75. The first-order chi connectivity index (χ1) is 10.4. The SMILES string of the molecule is Cc1cc(NC(=O)CNc2ccc3c(c2)OC(F)(F)O3)no1. The normalized spacial score (nSPS) is 14.7. The summed E-state index contributed by atoms with van der Waals surface area (Å²) in [6.45, 7) is 1.62. The molecule has 3 rings (SSSR count). The van der Waals surface area contributed by atoms with E-state index in [4.69, 9.17) is 4.52 Å². The van der Waals surface area contributed by atoms with E-state index < -0.39 is 6.29 Å². The maximum Gasteiger partial charge on any atom is 0.586 e. The van der Waals surface area contributed by atoms with Crippen molar-refractivity contribution in [2.75, 3.05) is 17.2 Å². The molecule has 1 aromatic heterocycles. The molecule has 22 heavy (non-hydrogen) atoms. The maximum atomic E-state index is 12.9. The summed E-state index contributed by atoms with van der Waals surface area (Å²) in [6, 6.07) is 5.72. The Morgan fingerprint density at radius 3 is 2.77 bits per heavy atom. The average molecular weight is 311 g/mol. The Morgan fingerprint density at radius 1 is 1.27 bits per heavy atom. The first-order valence-corrected chi connectivity index (χ1v) is 6.28. The van der Waals surface area contributed by atoms with E-state index in [0.29, 0.717) is 17.3 Å². The molecule has 2 N–H and O–H groups in total. The van der Waals surface area contributed by atoms with Gasteiger partial charge in [-0.2, -0.15) is 0 Å². The molecule has 0 spiro atoms. The number of benzene rings is 1. The number of rotatable bonds is 4. The van der Waals surface area contributed by atoms with Gasteiger partial charge in [0.15, 0.2) is 17.3 Å². The highest BCUT2D eigenvalue weighted by Crippen LogP contribution is 2.42. The molecule has 116 valence electrons. The van der Waals surface area contributed by atoms with Crippen LogP contribution < -0.4 is 20.1 Å². The molecule has 2 aromatic rings. The summed E-state index contributed by atoms with van der Waals surface area (Å²) in [5, 5.41) is 8.91. The van der Waals surface area contributed by atoms with Crippen LogP contribution in [0.25, 0.3) is 0 Å². The molecule has 0 fully saturated rings. The Labute approximate surface area is 123 Å². The van der Waals surface area contributed by atoms with E-state index >= 15 is 0 Å². The number of ether oxygens (including phenoxy) is 2. The fraction of sp³-hybridized carbons (Fsp3) is 0.231. The van der Waals surface area contributed by atoms with Crippen LogP contribution >= 0.6 is 0 Å². The van der Waals surface area contributed by atoms with Gasteiger partial charge in [0.2, 0.25) is 5.91 Å². The molecule has 0 bridgehead atoms. The molecule has 0 aliphatic carbocycles. The van der Waals surface area contributed by atoms with Crippen molar-refractivity contribution in [3.05, 3.63) is 30.0 Å². The van der Waals surface area contributed by atoms with Crippen molar-refractivity contribution in [2.24, 2.45) is 0 Å². The van der Waals surface area contributed by atoms with Gasteiger partial charge in [-0.1, -0.05) is 5.16 Å². The van der Waals surface area contributed by atoms with Crippen LogP contribution in [0.5, 0.6) is 11.5 Å². The van der Waals surface area contributed by atoms with E-state index in [1.54, 1.807) is 13.0 Å². The quantitative estimate of drug-likeness (QED) is 0.901. The number of hydrogen-bond acceptors (Lipinski definition) is 6. The number of anilines is 2. The number of halogens is 2. The zero-order valence-corrected chi connectivity index (χ0v) is 11.4. The number of fused-ring (bicyclic) bond motifs is 1. The Morgan fingerprint density at radius 2 is 2.05 bits per heavy atom. The van der Waals surface area contributed by atoms with E-state index in [1.807, 2.05) is 0 Å². The van der Waals surface area contributed by atoms with Gasteiger partial charge in [-0.05, 0) is 19.1 Å². The lowest BCUT2D eigenvalue weighted by atomic mass is 10.3. The Balaban J connectivity index is 1.57. The van der Waals surface area contributed by atoms with Crippen LogP contribution in [0.15, 0.2) is 28.8 Å². The third-order valence-corrected chi connectivity index (χ3v) is 2.75. The molecular weight excluding hydrogens is 300 g/mol. The molecule has 1 aromatic carbocycles. The minimum atomic E-state index is -3.66. The summed E-state index contributed by atoms with van der Waals surface area (Å²) in [4.78, 5) is 11.7. The van der Waals surface area contributed by atoms with Crippen LogP contribution in [0.3, 0.4) is 0 Å². The fourth-order valence-corrected chi connectivity index (χ4v) is 1.85. The molecule has 0 radical (unpaired) electrons. The lowest BCUT2D eigenvalue weighted by Crippen LogP contribution is -2.25. The topological polar surface area (TPSA) is 85.6 Å². The molecule has 7 nitrogen and oxygen atoms in total. The highest BCUT2D eigenvalue weighted by atomic mass is 19.3. The van der Waals surface area contributed by atoms with Gasteiger partial charge in [0.25, 0.3) is 0 Å². The zero-order chi connectivity index (χ0) is 15.7. The highest BCUT2D eigenvalue weighted by Gasteiger charge is 2.43. The van der Waals surface area contributed by atoms with Gasteiger partial charge in [-0.3, -0.25) is 4.79 Å². The molecule has 0 saturated carbocycles. The molecular formula is C13H11F2N3O4. The number of nitrogens with one attached hydrogen (secondary N) is 2. The molecule has 0 atom stereocenters. The largest absolute Gasteiger partial charge is 0.586 e. The lowest BCUT2D eigenvalue weighted by molar-refractivity contribution is -0.286. The summed E-state index contributed by atoms with van der Waals surface area (Å²) in [6.07, 6.45) is -3.66. The predicted octanol–water partition coefficient (Wildman–Crippen LogP) is 2.36. The molecule has 2 heterocycles. The number of nitrogens with zero attached hydrogens (tertiary/aromatic N) is 1. The maximum absolute atomic E-state index is 12.9. The molecule has 9 heteroatoms. The van der Waals surface area contributed by atoms with Crippen LogP contribution in [-0.2, 0) is 4.79 Å². The Hall–Kier alpha value is -2.84. The Kier molecular flexibility index (Phi) is 3.32. The van der Waals surface area contributed by atoms with Crippen molar-refractivity contribution >= 4 is 17.4 Å². The third kappa shape index (κ3) is 3.08. The van der Waals surface area contributed by atoms with E-state index in [9.17, 15) is 13.6 Å². The van der Waals surface area contributed by atoms with Gasteiger partial charge in [0.1, 0.15) is 5.76 Å². The standard InChI is InChI=1S/C13H11F2N3O4/c1-7-4-11(18-22-7)17-12(19)6-16-8-2-3-9-10(5-8)21-13(14,15)20-9/h2-5,16H,6H2,1H3,(H,17,18,19). The fourth-order valence-electron chi connectivity index (χ4n) is 1.85. The number of aryl methyl sites for hydroxylation is 1. The molecule has 1 aliphatic heterocycles. The number of alkyl halides is 2. The van der Waals surface area contributed by atoms with E-state index in [2.05, 4.69) is 25.3 Å². The van der Waals surface area contributed by atoms with Gasteiger partial charge in [0, 0.05) is 17.8 Å². The minimum Gasteiger partial charge on any atom is -0.395 e. The van der Waals surface area contributed by atoms with Crippen LogP contribution in [-0.4, -0.2) is 23.9 Å². The van der Waals surface area contributed by atoms with Crippen molar-refractivity contribution in [2.45, 2.75) is 13.2 Å². The van der Waals surface area contributed by atoms with Crippen LogP contribution in [0.4, 0.5) is 20.3 Å². The minimum absolute atomic E-state index is 0.0573. The first kappa shape index (κ1) is 14.1. The zero-order valence-electron chi connectivity index (χ0n) is 11.4. The van der Waals surface area contributed by atoms with Crippen LogP contribution in [0.1, 0.15) is 5.76 Å². The highest BCUT2D eigenvalue weighted by molar-refractivity contribution is 5.92. The van der Waals surface area contributed by atoms with Gasteiger partial charge in [-0.25, -0.2) is 0 Å². The summed E-state index contributed by atoms with van der Waals surface area (Å²) in [7, 11) is 0. The summed E-state index contributed by atoms with van der Waals surface area (Å²) < 4.78 is 39.2. The van der Waals surface area contributed by atoms with E-state index in [-0.39, 0.29) is 24.0 Å². The second kappa shape index (κ2) is 5.17. The second-order valence-electron chi connectivity index (χ2n) is 4.55. The van der Waals surface area contributed by atoms with Gasteiger partial charge in [-0.15, -0.1) is 8.78 Å². The number of hydrogen-bond donors (Lipinski definition) is 2. The smallest absolute Gasteiger partial charge is 0.395 e. The molecule has 0 saturated heterocycles. The Bertz CT molecular complexity index is 717. The van der Waals surface area contributed by atoms with E-state index in [1.165, 1.54) is 18.2 Å². The number of carbonyl (C=O) groups excluding carboxylic acids is 1. The van der Waals surface area contributed by atoms with Crippen molar-refractivity contribution in [3.8, 4) is 11.5 Å². The monoisotopic (exact) mass is 311 g/mol. The van der Waals surface area contributed by atoms with Crippen molar-refractivity contribution in [3.63, 3.8) is 0 Å². The lowest BCUT2D eigenvalue weighted by Gasteiger charge is -2.06. The summed E-state index contributed by atoms with van der Waals surface area (Å²) in [5.41, 5.74) is 0.437. The summed E-state index contributed by atoms with van der Waals surface area (Å²) in [5.74, 6) is 0.353. The van der Waals surface area contributed by atoms with Gasteiger partial charge < -0.3 is 24.6 Å². The first-order valence-electron chi connectivity index (χ1n) is 6.28. The number of carbonyl (C=O) groups is 1. The number of aromatic nitrogens is 1. The molecule has 1 amide bonds. The number of amides is 1. The van der Waals surface area contributed by atoms with Crippen LogP contribution in [0.2, 0.25) is 0 Å². The van der Waals surface area contributed by atoms with Gasteiger partial charge in [0.05, 0.1) is 6.54 Å². The van der Waals surface area contributed by atoms with Crippen molar-refractivity contribution < 1.29 is 27.6 Å². The van der Waals surface area contributed by atoms with Gasteiger partial charge >= 0.3 is 6.29 Å². The second-order valence-corrected chi connectivity index (χ2v) is 4.55. The molecule has 0 unspecified atom stereocenters. The van der Waals surface area contributed by atoms with Crippen LogP contribution in [0, 0.1) is 6.92 Å².